The number of halogens is 1. The molecule has 23 heavy (non-hydrogen) atoms. The topological polar surface area (TPSA) is 75.4 Å². The van der Waals surface area contributed by atoms with E-state index in [1.54, 1.807) is 0 Å². The summed E-state index contributed by atoms with van der Waals surface area (Å²) in [5.74, 6) is 0.377. The van der Waals surface area contributed by atoms with Crippen molar-refractivity contribution in [2.75, 3.05) is 13.1 Å². The predicted octanol–water partition coefficient (Wildman–Crippen LogP) is 2.08. The van der Waals surface area contributed by atoms with Gasteiger partial charge in [0, 0.05) is 25.0 Å². The zero-order chi connectivity index (χ0) is 16.1. The Labute approximate surface area is 146 Å². The Kier molecular flexibility index (Phi) is 8.34. The largest absolute Gasteiger partial charge is 0.353 e. The molecular formula is C17H32ClN3O2. The van der Waals surface area contributed by atoms with Crippen molar-refractivity contribution in [2.24, 2.45) is 17.6 Å². The number of hydrogen-bond donors (Lipinski definition) is 2. The Balaban J connectivity index is 0.00000264. The van der Waals surface area contributed by atoms with Gasteiger partial charge in [-0.3, -0.25) is 9.59 Å². The lowest BCUT2D eigenvalue weighted by atomic mass is 9.84. The van der Waals surface area contributed by atoms with Crippen molar-refractivity contribution in [3.63, 3.8) is 0 Å². The highest BCUT2D eigenvalue weighted by atomic mass is 35.5. The number of rotatable bonds is 6. The van der Waals surface area contributed by atoms with E-state index in [2.05, 4.69) is 19.2 Å². The molecular weight excluding hydrogens is 314 g/mol. The number of carbonyl (C=O) groups is 2. The molecule has 0 aromatic rings. The summed E-state index contributed by atoms with van der Waals surface area (Å²) in [7, 11) is 0. The van der Waals surface area contributed by atoms with Crippen LogP contribution in [0.5, 0.6) is 0 Å². The second-order valence-electron chi connectivity index (χ2n) is 6.98. The van der Waals surface area contributed by atoms with Gasteiger partial charge in [-0.1, -0.05) is 26.2 Å². The molecule has 1 heterocycles. The summed E-state index contributed by atoms with van der Waals surface area (Å²) >= 11 is 0. The molecule has 0 aromatic heterocycles. The summed E-state index contributed by atoms with van der Waals surface area (Å²) in [6.45, 7) is 5.41. The van der Waals surface area contributed by atoms with Gasteiger partial charge in [0.25, 0.3) is 0 Å². The van der Waals surface area contributed by atoms with E-state index in [-0.39, 0.29) is 42.2 Å². The highest BCUT2D eigenvalue weighted by Crippen LogP contribution is 2.26. The van der Waals surface area contributed by atoms with E-state index in [1.165, 1.54) is 6.42 Å². The van der Waals surface area contributed by atoms with Crippen LogP contribution in [0.4, 0.5) is 0 Å². The first kappa shape index (κ1) is 20.2. The molecule has 1 aliphatic carbocycles. The van der Waals surface area contributed by atoms with Gasteiger partial charge in [-0.15, -0.1) is 12.4 Å². The van der Waals surface area contributed by atoms with Gasteiger partial charge in [0.05, 0.1) is 5.92 Å². The zero-order valence-corrected chi connectivity index (χ0v) is 15.2. The van der Waals surface area contributed by atoms with Crippen molar-refractivity contribution in [1.29, 1.82) is 0 Å². The number of likely N-dealkylation sites (tertiary alicyclic amines) is 1. The van der Waals surface area contributed by atoms with Gasteiger partial charge in [-0.2, -0.15) is 0 Å². The van der Waals surface area contributed by atoms with Crippen LogP contribution in [0.1, 0.15) is 58.8 Å². The average Bonchev–Trinajstić information content (AvgIpc) is 2.90. The number of carbonyl (C=O) groups excluding carboxylic acids is 2. The van der Waals surface area contributed by atoms with E-state index in [9.17, 15) is 9.59 Å². The van der Waals surface area contributed by atoms with Crippen molar-refractivity contribution in [1.82, 2.24) is 10.2 Å². The first-order valence-corrected chi connectivity index (χ1v) is 8.86. The fourth-order valence-corrected chi connectivity index (χ4v) is 3.89. The molecule has 2 rings (SSSR count). The van der Waals surface area contributed by atoms with Crippen molar-refractivity contribution in [3.05, 3.63) is 0 Å². The first-order chi connectivity index (χ1) is 10.6. The first-order valence-electron chi connectivity index (χ1n) is 8.86. The molecule has 1 aliphatic heterocycles. The van der Waals surface area contributed by atoms with E-state index in [0.717, 1.165) is 32.1 Å². The van der Waals surface area contributed by atoms with Crippen LogP contribution < -0.4 is 11.1 Å². The van der Waals surface area contributed by atoms with E-state index in [0.29, 0.717) is 25.4 Å². The third-order valence-electron chi connectivity index (χ3n) is 5.31. The fraction of sp³-hybridized carbons (Fsp3) is 0.882. The van der Waals surface area contributed by atoms with Gasteiger partial charge < -0.3 is 16.0 Å². The van der Waals surface area contributed by atoms with Crippen LogP contribution in [0.25, 0.3) is 0 Å². The fourth-order valence-electron chi connectivity index (χ4n) is 3.89. The number of amides is 2. The standard InChI is InChI=1S/C17H31N3O2.ClH/c1-3-6-12(2)20-11-14(9-16(20)21)17(22)19-15-8-5-4-7-13(15)10-18;/h12-15H,3-11,18H2,1-2H3,(H,19,22);1H. The van der Waals surface area contributed by atoms with E-state index < -0.39 is 0 Å². The second kappa shape index (κ2) is 9.48. The third kappa shape index (κ3) is 5.08. The molecule has 2 aliphatic rings. The van der Waals surface area contributed by atoms with Crippen molar-refractivity contribution in [2.45, 2.75) is 70.9 Å². The van der Waals surface area contributed by atoms with Gasteiger partial charge in [0.15, 0.2) is 0 Å². The number of hydrogen-bond acceptors (Lipinski definition) is 3. The van der Waals surface area contributed by atoms with Crippen LogP contribution in [-0.2, 0) is 9.59 Å². The third-order valence-corrected chi connectivity index (χ3v) is 5.31. The monoisotopic (exact) mass is 345 g/mol. The van der Waals surface area contributed by atoms with Crippen LogP contribution in [0.3, 0.4) is 0 Å². The van der Waals surface area contributed by atoms with Crippen LogP contribution in [0.15, 0.2) is 0 Å². The van der Waals surface area contributed by atoms with Gasteiger partial charge in [-0.25, -0.2) is 0 Å². The molecule has 5 nitrogen and oxygen atoms in total. The molecule has 0 bridgehead atoms. The Morgan fingerprint density at radius 3 is 2.74 bits per heavy atom. The number of nitrogens with two attached hydrogens (primary N) is 1. The minimum atomic E-state index is -0.188. The molecule has 1 saturated heterocycles. The van der Waals surface area contributed by atoms with Crippen LogP contribution in [-0.4, -0.2) is 41.9 Å². The van der Waals surface area contributed by atoms with Gasteiger partial charge in [-0.05, 0) is 38.6 Å². The molecule has 4 unspecified atom stereocenters. The predicted molar refractivity (Wildman–Crippen MR) is 94.4 cm³/mol. The molecule has 0 radical (unpaired) electrons. The smallest absolute Gasteiger partial charge is 0.225 e. The maximum absolute atomic E-state index is 12.5. The molecule has 2 amide bonds. The highest BCUT2D eigenvalue weighted by molar-refractivity contribution is 5.89. The summed E-state index contributed by atoms with van der Waals surface area (Å²) in [6.07, 6.45) is 6.90. The lowest BCUT2D eigenvalue weighted by molar-refractivity contribution is -0.130. The minimum Gasteiger partial charge on any atom is -0.353 e. The van der Waals surface area contributed by atoms with Crippen molar-refractivity contribution >= 4 is 24.2 Å². The van der Waals surface area contributed by atoms with E-state index in [1.807, 2.05) is 4.90 Å². The highest BCUT2D eigenvalue weighted by Gasteiger charge is 2.37. The molecule has 4 atom stereocenters. The summed E-state index contributed by atoms with van der Waals surface area (Å²) < 4.78 is 0. The summed E-state index contributed by atoms with van der Waals surface area (Å²) in [4.78, 5) is 26.5. The summed E-state index contributed by atoms with van der Waals surface area (Å²) in [5.41, 5.74) is 5.83. The maximum Gasteiger partial charge on any atom is 0.225 e. The zero-order valence-electron chi connectivity index (χ0n) is 14.4. The van der Waals surface area contributed by atoms with Gasteiger partial charge in [0.2, 0.25) is 11.8 Å². The maximum atomic E-state index is 12.5. The van der Waals surface area contributed by atoms with E-state index >= 15 is 0 Å². The lowest BCUT2D eigenvalue weighted by Crippen LogP contribution is -2.47. The molecule has 0 spiro atoms. The molecule has 2 fully saturated rings. The Hall–Kier alpha value is -0.810. The van der Waals surface area contributed by atoms with Gasteiger partial charge >= 0.3 is 0 Å². The number of nitrogens with one attached hydrogen (secondary N) is 1. The quantitative estimate of drug-likeness (QED) is 0.773. The second-order valence-corrected chi connectivity index (χ2v) is 6.98. The Bertz CT molecular complexity index is 405. The van der Waals surface area contributed by atoms with E-state index in [4.69, 9.17) is 5.73 Å². The van der Waals surface area contributed by atoms with Crippen molar-refractivity contribution in [3.8, 4) is 0 Å². The van der Waals surface area contributed by atoms with Gasteiger partial charge in [0.1, 0.15) is 0 Å². The lowest BCUT2D eigenvalue weighted by Gasteiger charge is -2.32. The van der Waals surface area contributed by atoms with Crippen molar-refractivity contribution < 1.29 is 9.59 Å². The Morgan fingerprint density at radius 2 is 2.09 bits per heavy atom. The molecule has 6 heteroatoms. The Morgan fingerprint density at radius 1 is 1.39 bits per heavy atom. The van der Waals surface area contributed by atoms with Crippen LogP contribution in [0, 0.1) is 11.8 Å². The molecule has 134 valence electrons. The molecule has 0 aromatic carbocycles. The van der Waals surface area contributed by atoms with Crippen LogP contribution >= 0.6 is 12.4 Å². The summed E-state index contributed by atoms with van der Waals surface area (Å²) in [6, 6.07) is 0.435. The SMILES string of the molecule is CCCC(C)N1CC(C(=O)NC2CCCCC2CN)CC1=O.Cl. The van der Waals surface area contributed by atoms with Crippen LogP contribution in [0.2, 0.25) is 0 Å². The molecule has 3 N–H and O–H groups in total. The number of nitrogens with zero attached hydrogens (tertiary/aromatic N) is 1. The molecule has 1 saturated carbocycles. The normalized spacial score (nSPS) is 29.1. The summed E-state index contributed by atoms with van der Waals surface area (Å²) in [5, 5.41) is 3.18. The minimum absolute atomic E-state index is 0. The average molecular weight is 346 g/mol.